The Morgan fingerprint density at radius 1 is 0.276 bits per heavy atom. The van der Waals surface area contributed by atoms with E-state index in [1.54, 1.807) is 0 Å². The van der Waals surface area contributed by atoms with Gasteiger partial charge in [0.2, 0.25) is 0 Å². The minimum absolute atomic E-state index is 0.107. The van der Waals surface area contributed by atoms with Crippen molar-refractivity contribution in [2.75, 3.05) is 39.6 Å². The highest BCUT2D eigenvalue weighted by Gasteiger charge is 2.30. The molecule has 0 fully saturated rings. The summed E-state index contributed by atoms with van der Waals surface area (Å²) in [4.78, 5) is 72.6. The van der Waals surface area contributed by atoms with Gasteiger partial charge in [0.1, 0.15) is 19.3 Å². The summed E-state index contributed by atoms with van der Waals surface area (Å²) in [6, 6.07) is 0. The first-order chi connectivity index (χ1) is 47.5. The van der Waals surface area contributed by atoms with Crippen molar-refractivity contribution in [3.05, 3.63) is 0 Å². The molecule has 0 rings (SSSR count). The highest BCUT2D eigenvalue weighted by Crippen LogP contribution is 2.45. The summed E-state index contributed by atoms with van der Waals surface area (Å²) in [6.45, 7) is 7.25. The van der Waals surface area contributed by atoms with Crippen LogP contribution in [0.5, 0.6) is 0 Å². The maximum absolute atomic E-state index is 13.1. The smallest absolute Gasteiger partial charge is 0.462 e. The number of phosphoric ester groups is 2. The van der Waals surface area contributed by atoms with Gasteiger partial charge in [-0.15, -0.1) is 0 Å². The van der Waals surface area contributed by atoms with Crippen LogP contribution < -0.4 is 0 Å². The Morgan fingerprint density at radius 3 is 0.694 bits per heavy atom. The monoisotopic (exact) mass is 1440 g/mol. The van der Waals surface area contributed by atoms with Crippen LogP contribution in [0.3, 0.4) is 0 Å². The van der Waals surface area contributed by atoms with Gasteiger partial charge in [0, 0.05) is 25.7 Å². The van der Waals surface area contributed by atoms with Crippen molar-refractivity contribution in [3.8, 4) is 0 Å². The molecule has 0 amide bonds. The second kappa shape index (κ2) is 72.0. The number of aliphatic hydroxyl groups is 1. The molecule has 3 N–H and O–H groups in total. The van der Waals surface area contributed by atoms with Crippen LogP contribution in [-0.4, -0.2) is 96.7 Å². The lowest BCUT2D eigenvalue weighted by molar-refractivity contribution is -0.161. The van der Waals surface area contributed by atoms with Gasteiger partial charge in [-0.1, -0.05) is 369 Å². The standard InChI is InChI=1S/C79H154O17P2/c1-6-9-12-15-17-19-21-23-25-26-27-28-29-30-31-32-38-42-46-50-55-60-65-79(84)96-75(69-90-77(82)63-58-53-48-44-40-37-34-33-35-39-43-47-52-56-61-72(4)5)71-94-98(87,88)92-67-73(80)66-91-97(85,86)93-70-74(68-89-76(81)62-57-51-14-11-8-3)95-78(83)64-59-54-49-45-41-36-24-22-20-18-16-13-10-7-2/h72-75,80H,6-71H2,1-5H3,(H,85,86)(H,87,88)/t73-,74+,75+/m0/s1. The zero-order chi connectivity index (χ0) is 71.9. The molecule has 582 valence electrons. The number of carbonyl (C=O) groups excluding carboxylic acids is 4. The van der Waals surface area contributed by atoms with Crippen LogP contribution in [0, 0.1) is 5.92 Å². The first kappa shape index (κ1) is 96.1. The highest BCUT2D eigenvalue weighted by atomic mass is 31.2. The van der Waals surface area contributed by atoms with Crippen molar-refractivity contribution >= 4 is 39.5 Å². The molecule has 19 heteroatoms. The van der Waals surface area contributed by atoms with E-state index in [0.29, 0.717) is 25.7 Å². The van der Waals surface area contributed by atoms with E-state index < -0.39 is 97.5 Å². The third-order valence-corrected chi connectivity index (χ3v) is 20.4. The lowest BCUT2D eigenvalue weighted by Crippen LogP contribution is -2.30. The Bertz CT molecular complexity index is 1870. The SMILES string of the molecule is CCCCCCCCCCCCCCCCCCCCCCCCC(=O)O[C@H](COC(=O)CCCCCCCCCCCCCCCCC(C)C)COP(=O)(O)OC[C@@H](O)COP(=O)(O)OC[C@@H](COC(=O)CCCCCCC)OC(=O)CCCCCCCCCCCCCCCC. The van der Waals surface area contributed by atoms with Gasteiger partial charge in [-0.25, -0.2) is 9.13 Å². The number of hydrogen-bond donors (Lipinski definition) is 3. The van der Waals surface area contributed by atoms with Crippen molar-refractivity contribution in [1.82, 2.24) is 0 Å². The maximum Gasteiger partial charge on any atom is 0.472 e. The predicted molar refractivity (Wildman–Crippen MR) is 400 cm³/mol. The number of unbranched alkanes of at least 4 members (excludes halogenated alkanes) is 51. The van der Waals surface area contributed by atoms with Gasteiger partial charge in [-0.3, -0.25) is 37.3 Å². The minimum atomic E-state index is -4.96. The molecule has 5 atom stereocenters. The first-order valence-corrected chi connectivity index (χ1v) is 44.1. The lowest BCUT2D eigenvalue weighted by atomic mass is 10.0. The van der Waals surface area contributed by atoms with Crippen LogP contribution in [0.15, 0.2) is 0 Å². The van der Waals surface area contributed by atoms with Gasteiger partial charge in [0.25, 0.3) is 0 Å². The van der Waals surface area contributed by atoms with Crippen molar-refractivity contribution in [2.24, 2.45) is 5.92 Å². The quantitative estimate of drug-likeness (QED) is 0.0222. The Hall–Kier alpha value is -1.94. The average Bonchev–Trinajstić information content (AvgIpc) is 1.18. The summed E-state index contributed by atoms with van der Waals surface area (Å²) in [5.74, 6) is -1.32. The van der Waals surface area contributed by atoms with E-state index in [0.717, 1.165) is 102 Å². The van der Waals surface area contributed by atoms with Crippen LogP contribution in [0.1, 0.15) is 420 Å². The van der Waals surface area contributed by atoms with Crippen molar-refractivity contribution in [2.45, 2.75) is 438 Å². The fraction of sp³-hybridized carbons (Fsp3) is 0.949. The van der Waals surface area contributed by atoms with E-state index in [1.165, 1.54) is 238 Å². The topological polar surface area (TPSA) is 237 Å². The molecule has 0 aromatic rings. The molecular weight excluding hydrogens is 1280 g/mol. The molecule has 0 radical (unpaired) electrons. The van der Waals surface area contributed by atoms with Crippen molar-refractivity contribution in [3.63, 3.8) is 0 Å². The van der Waals surface area contributed by atoms with Crippen LogP contribution in [0.4, 0.5) is 0 Å². The number of esters is 4. The Balaban J connectivity index is 5.11. The van der Waals surface area contributed by atoms with Gasteiger partial charge >= 0.3 is 39.5 Å². The summed E-state index contributed by atoms with van der Waals surface area (Å²) in [7, 11) is -9.90. The minimum Gasteiger partial charge on any atom is -0.462 e. The molecular formula is C79H154O17P2. The third-order valence-electron chi connectivity index (χ3n) is 18.5. The van der Waals surface area contributed by atoms with Gasteiger partial charge in [0.15, 0.2) is 12.2 Å². The van der Waals surface area contributed by atoms with Gasteiger partial charge in [-0.05, 0) is 31.6 Å². The molecule has 0 saturated heterocycles. The number of rotatable bonds is 79. The lowest BCUT2D eigenvalue weighted by Gasteiger charge is -2.21. The second-order valence-electron chi connectivity index (χ2n) is 28.9. The number of carbonyl (C=O) groups is 4. The molecule has 0 aliphatic rings. The van der Waals surface area contributed by atoms with Crippen molar-refractivity contribution < 1.29 is 80.2 Å². The van der Waals surface area contributed by atoms with Gasteiger partial charge in [0.05, 0.1) is 26.4 Å². The Kier molecular flexibility index (Phi) is 70.6. The maximum atomic E-state index is 13.1. The average molecular weight is 1440 g/mol. The molecule has 2 unspecified atom stereocenters. The van der Waals surface area contributed by atoms with Crippen LogP contribution in [0.2, 0.25) is 0 Å². The molecule has 0 aliphatic carbocycles. The Labute approximate surface area is 600 Å². The van der Waals surface area contributed by atoms with Gasteiger partial charge < -0.3 is 33.8 Å². The summed E-state index contributed by atoms with van der Waals surface area (Å²) >= 11 is 0. The van der Waals surface area contributed by atoms with E-state index in [4.69, 9.17) is 37.0 Å². The van der Waals surface area contributed by atoms with Crippen LogP contribution in [-0.2, 0) is 65.4 Å². The molecule has 0 aromatic heterocycles. The summed E-state index contributed by atoms with van der Waals surface area (Å²) < 4.78 is 68.4. The van der Waals surface area contributed by atoms with E-state index in [1.807, 2.05) is 0 Å². The van der Waals surface area contributed by atoms with Crippen LogP contribution in [0.25, 0.3) is 0 Å². The molecule has 0 aliphatic heterocycles. The number of ether oxygens (including phenoxy) is 4. The Morgan fingerprint density at radius 2 is 0.469 bits per heavy atom. The summed E-state index contributed by atoms with van der Waals surface area (Å²) in [5, 5.41) is 10.6. The predicted octanol–water partition coefficient (Wildman–Crippen LogP) is 23.6. The van der Waals surface area contributed by atoms with E-state index >= 15 is 0 Å². The van der Waals surface area contributed by atoms with Crippen LogP contribution >= 0.6 is 15.6 Å². The normalized spacial score (nSPS) is 13.9. The number of aliphatic hydroxyl groups excluding tert-OH is 1. The summed E-state index contributed by atoms with van der Waals surface area (Å²) in [6.07, 6.45) is 63.0. The van der Waals surface area contributed by atoms with Gasteiger partial charge in [-0.2, -0.15) is 0 Å². The summed E-state index contributed by atoms with van der Waals surface area (Å²) in [5.41, 5.74) is 0. The second-order valence-corrected chi connectivity index (χ2v) is 31.8. The molecule has 98 heavy (non-hydrogen) atoms. The zero-order valence-electron chi connectivity index (χ0n) is 63.9. The zero-order valence-corrected chi connectivity index (χ0v) is 65.7. The van der Waals surface area contributed by atoms with E-state index in [-0.39, 0.29) is 25.7 Å². The molecule has 0 saturated carbocycles. The molecule has 0 heterocycles. The molecule has 17 nitrogen and oxygen atoms in total. The van der Waals surface area contributed by atoms with E-state index in [9.17, 15) is 43.2 Å². The first-order valence-electron chi connectivity index (χ1n) is 41.1. The van der Waals surface area contributed by atoms with E-state index in [2.05, 4.69) is 34.6 Å². The third kappa shape index (κ3) is 72.4. The number of phosphoric acid groups is 2. The fourth-order valence-electron chi connectivity index (χ4n) is 12.2. The largest absolute Gasteiger partial charge is 0.472 e. The number of hydrogen-bond acceptors (Lipinski definition) is 15. The molecule has 0 spiro atoms. The highest BCUT2D eigenvalue weighted by molar-refractivity contribution is 7.47. The molecule has 0 aromatic carbocycles. The fourth-order valence-corrected chi connectivity index (χ4v) is 13.8. The molecule has 0 bridgehead atoms. The van der Waals surface area contributed by atoms with Crippen molar-refractivity contribution in [1.29, 1.82) is 0 Å².